The van der Waals surface area contributed by atoms with E-state index < -0.39 is 23.7 Å². The minimum absolute atomic E-state index is 0.0611. The molecule has 6 nitrogen and oxygen atoms in total. The highest BCUT2D eigenvalue weighted by Crippen LogP contribution is 2.21. The van der Waals surface area contributed by atoms with Gasteiger partial charge in [0.2, 0.25) is 0 Å². The van der Waals surface area contributed by atoms with Crippen molar-refractivity contribution in [2.45, 2.75) is 13.1 Å². The molecular formula is C18H15FN2O4. The SMILES string of the molecule is COc1cccc(CN2C(=O)C(=O)N(Cc3ccccc3F)C2=O)c1. The standard InChI is InChI=1S/C18H15FN2O4/c1-25-14-7-4-5-12(9-14)10-20-16(22)17(23)21(18(20)24)11-13-6-2-3-8-15(13)19/h2-9H,10-11H2,1H3. The Morgan fingerprint density at radius 3 is 2.28 bits per heavy atom. The van der Waals surface area contributed by atoms with Crippen LogP contribution in [0.3, 0.4) is 0 Å². The number of hydrogen-bond donors (Lipinski definition) is 0. The number of ether oxygens (including phenoxy) is 1. The van der Waals surface area contributed by atoms with Gasteiger partial charge in [-0.15, -0.1) is 0 Å². The molecule has 1 aliphatic rings. The van der Waals surface area contributed by atoms with Crippen LogP contribution in [0, 0.1) is 5.82 Å². The Kier molecular flexibility index (Phi) is 4.47. The summed E-state index contributed by atoms with van der Waals surface area (Å²) in [6, 6.07) is 11.9. The highest BCUT2D eigenvalue weighted by Gasteiger charge is 2.44. The molecule has 2 aromatic carbocycles. The Bertz CT molecular complexity index is 852. The van der Waals surface area contributed by atoms with Gasteiger partial charge in [-0.05, 0) is 23.8 Å². The van der Waals surface area contributed by atoms with Gasteiger partial charge in [-0.1, -0.05) is 30.3 Å². The third-order valence-corrected chi connectivity index (χ3v) is 3.90. The molecule has 0 unspecified atom stereocenters. The van der Waals surface area contributed by atoms with E-state index in [0.717, 1.165) is 9.80 Å². The number of hydrogen-bond acceptors (Lipinski definition) is 4. The van der Waals surface area contributed by atoms with E-state index >= 15 is 0 Å². The second kappa shape index (κ2) is 6.72. The summed E-state index contributed by atoms with van der Waals surface area (Å²) in [6.07, 6.45) is 0. The van der Waals surface area contributed by atoms with Gasteiger partial charge < -0.3 is 4.74 Å². The van der Waals surface area contributed by atoms with Crippen molar-refractivity contribution in [3.8, 4) is 5.75 Å². The minimum Gasteiger partial charge on any atom is -0.497 e. The predicted molar refractivity (Wildman–Crippen MR) is 85.9 cm³/mol. The maximum atomic E-state index is 13.8. The number of benzene rings is 2. The quantitative estimate of drug-likeness (QED) is 0.618. The Morgan fingerprint density at radius 1 is 0.920 bits per heavy atom. The van der Waals surface area contributed by atoms with E-state index in [2.05, 4.69) is 0 Å². The lowest BCUT2D eigenvalue weighted by Gasteiger charge is -2.16. The summed E-state index contributed by atoms with van der Waals surface area (Å²) in [4.78, 5) is 38.3. The maximum absolute atomic E-state index is 13.8. The van der Waals surface area contributed by atoms with Crippen LogP contribution in [-0.2, 0) is 22.7 Å². The molecule has 0 N–H and O–H groups in total. The van der Waals surface area contributed by atoms with Gasteiger partial charge in [0.25, 0.3) is 0 Å². The number of carbonyl (C=O) groups excluding carboxylic acids is 3. The molecule has 0 spiro atoms. The van der Waals surface area contributed by atoms with Crippen LogP contribution in [0.4, 0.5) is 9.18 Å². The summed E-state index contributed by atoms with van der Waals surface area (Å²) >= 11 is 0. The summed E-state index contributed by atoms with van der Waals surface area (Å²) in [5, 5.41) is 0. The van der Waals surface area contributed by atoms with Crippen molar-refractivity contribution in [1.29, 1.82) is 0 Å². The van der Waals surface area contributed by atoms with Gasteiger partial charge in [0, 0.05) is 5.56 Å². The number of halogens is 1. The summed E-state index contributed by atoms with van der Waals surface area (Å²) in [5.41, 5.74) is 0.807. The van der Waals surface area contributed by atoms with Crippen molar-refractivity contribution in [1.82, 2.24) is 9.80 Å². The van der Waals surface area contributed by atoms with E-state index in [1.165, 1.54) is 25.3 Å². The maximum Gasteiger partial charge on any atom is 0.334 e. The monoisotopic (exact) mass is 342 g/mol. The lowest BCUT2D eigenvalue weighted by atomic mass is 10.2. The van der Waals surface area contributed by atoms with Gasteiger partial charge in [-0.3, -0.25) is 19.4 Å². The number of rotatable bonds is 5. The third kappa shape index (κ3) is 3.21. The topological polar surface area (TPSA) is 66.9 Å². The van der Waals surface area contributed by atoms with E-state index in [9.17, 15) is 18.8 Å². The van der Waals surface area contributed by atoms with Gasteiger partial charge >= 0.3 is 17.8 Å². The van der Waals surface area contributed by atoms with Crippen LogP contribution in [0.5, 0.6) is 5.75 Å². The fourth-order valence-electron chi connectivity index (χ4n) is 2.58. The molecule has 4 amide bonds. The smallest absolute Gasteiger partial charge is 0.334 e. The van der Waals surface area contributed by atoms with Crippen LogP contribution in [0.15, 0.2) is 48.5 Å². The zero-order valence-electron chi connectivity index (χ0n) is 13.4. The Labute approximate surface area is 143 Å². The van der Waals surface area contributed by atoms with Crippen molar-refractivity contribution < 1.29 is 23.5 Å². The molecule has 2 aromatic rings. The molecule has 1 fully saturated rings. The number of methoxy groups -OCH3 is 1. The fraction of sp³-hybridized carbons (Fsp3) is 0.167. The predicted octanol–water partition coefficient (Wildman–Crippen LogP) is 2.33. The molecule has 0 atom stereocenters. The van der Waals surface area contributed by atoms with Crippen LogP contribution in [-0.4, -0.2) is 34.8 Å². The third-order valence-electron chi connectivity index (χ3n) is 3.90. The molecule has 1 saturated heterocycles. The number of nitrogens with zero attached hydrogens (tertiary/aromatic N) is 2. The van der Waals surface area contributed by atoms with Gasteiger partial charge in [0.1, 0.15) is 11.6 Å². The number of amides is 4. The second-order valence-electron chi connectivity index (χ2n) is 5.51. The van der Waals surface area contributed by atoms with E-state index in [0.29, 0.717) is 11.3 Å². The lowest BCUT2D eigenvalue weighted by molar-refractivity contribution is -0.143. The van der Waals surface area contributed by atoms with E-state index in [4.69, 9.17) is 4.74 Å². The van der Waals surface area contributed by atoms with Crippen molar-refractivity contribution in [3.05, 3.63) is 65.5 Å². The van der Waals surface area contributed by atoms with Crippen LogP contribution >= 0.6 is 0 Å². The molecule has 7 heteroatoms. The summed E-state index contributed by atoms with van der Waals surface area (Å²) in [5.74, 6) is -1.85. The first-order chi connectivity index (χ1) is 12.0. The largest absolute Gasteiger partial charge is 0.497 e. The fourth-order valence-corrected chi connectivity index (χ4v) is 2.58. The number of imide groups is 2. The Hall–Kier alpha value is -3.22. The first-order valence-corrected chi connectivity index (χ1v) is 7.55. The van der Waals surface area contributed by atoms with Gasteiger partial charge in [-0.2, -0.15) is 0 Å². The van der Waals surface area contributed by atoms with Crippen molar-refractivity contribution in [3.63, 3.8) is 0 Å². The van der Waals surface area contributed by atoms with Crippen molar-refractivity contribution >= 4 is 17.8 Å². The molecule has 1 heterocycles. The highest BCUT2D eigenvalue weighted by molar-refractivity contribution is 6.44. The van der Waals surface area contributed by atoms with Crippen LogP contribution in [0.2, 0.25) is 0 Å². The molecule has 25 heavy (non-hydrogen) atoms. The zero-order chi connectivity index (χ0) is 18.0. The molecular weight excluding hydrogens is 327 g/mol. The zero-order valence-corrected chi connectivity index (χ0v) is 13.4. The Morgan fingerprint density at radius 2 is 1.60 bits per heavy atom. The molecule has 0 bridgehead atoms. The highest BCUT2D eigenvalue weighted by atomic mass is 19.1. The lowest BCUT2D eigenvalue weighted by Crippen LogP contribution is -2.33. The van der Waals surface area contributed by atoms with Crippen LogP contribution < -0.4 is 4.74 Å². The molecule has 0 radical (unpaired) electrons. The van der Waals surface area contributed by atoms with E-state index in [1.807, 2.05) is 0 Å². The van der Waals surface area contributed by atoms with Crippen molar-refractivity contribution in [2.75, 3.05) is 7.11 Å². The number of urea groups is 1. The van der Waals surface area contributed by atoms with Crippen LogP contribution in [0.1, 0.15) is 11.1 Å². The first-order valence-electron chi connectivity index (χ1n) is 7.55. The Balaban J connectivity index is 1.80. The van der Waals surface area contributed by atoms with Crippen molar-refractivity contribution in [2.24, 2.45) is 0 Å². The second-order valence-corrected chi connectivity index (χ2v) is 5.51. The van der Waals surface area contributed by atoms with Gasteiger partial charge in [-0.25, -0.2) is 9.18 Å². The average Bonchev–Trinajstić information content (AvgIpc) is 2.82. The molecule has 128 valence electrons. The first kappa shape index (κ1) is 16.6. The molecule has 0 saturated carbocycles. The summed E-state index contributed by atoms with van der Waals surface area (Å²) in [6.45, 7) is -0.348. The van der Waals surface area contributed by atoms with E-state index in [-0.39, 0.29) is 18.7 Å². The van der Waals surface area contributed by atoms with Gasteiger partial charge in [0.15, 0.2) is 0 Å². The van der Waals surface area contributed by atoms with E-state index in [1.54, 1.807) is 30.3 Å². The normalized spacial score (nSPS) is 14.4. The minimum atomic E-state index is -0.962. The van der Waals surface area contributed by atoms with Gasteiger partial charge in [0.05, 0.1) is 20.2 Å². The number of carbonyl (C=O) groups is 3. The van der Waals surface area contributed by atoms with Crippen LogP contribution in [0.25, 0.3) is 0 Å². The molecule has 1 aliphatic heterocycles. The molecule has 0 aliphatic carbocycles. The molecule has 0 aromatic heterocycles. The molecule has 3 rings (SSSR count). The summed E-state index contributed by atoms with van der Waals surface area (Å²) in [7, 11) is 1.50. The average molecular weight is 342 g/mol. The summed E-state index contributed by atoms with van der Waals surface area (Å²) < 4.78 is 18.9.